The molecule has 1 saturated carbocycles. The summed E-state index contributed by atoms with van der Waals surface area (Å²) in [6.07, 6.45) is 5.81. The van der Waals surface area contributed by atoms with E-state index in [1.165, 1.54) is 12.8 Å². The minimum atomic E-state index is -3.30. The summed E-state index contributed by atoms with van der Waals surface area (Å²) in [6.45, 7) is 8.24. The van der Waals surface area contributed by atoms with Crippen LogP contribution >= 0.6 is 0 Å². The highest BCUT2D eigenvalue weighted by Crippen LogP contribution is 2.42. The number of rotatable bonds is 7. The Balaban J connectivity index is 2.54. The Bertz CT molecular complexity index is 420. The van der Waals surface area contributed by atoms with Crippen molar-refractivity contribution in [3.05, 3.63) is 0 Å². The molecule has 0 spiro atoms. The summed E-state index contributed by atoms with van der Waals surface area (Å²) in [7, 11) is -3.30. The maximum atomic E-state index is 11.9. The lowest BCUT2D eigenvalue weighted by molar-refractivity contribution is -0.119. The summed E-state index contributed by atoms with van der Waals surface area (Å²) < 4.78 is 23.5. The zero-order chi connectivity index (χ0) is 15.4. The molecule has 118 valence electrons. The van der Waals surface area contributed by atoms with Gasteiger partial charge in [-0.15, -0.1) is 0 Å². The van der Waals surface area contributed by atoms with E-state index in [1.54, 1.807) is 13.8 Å². The van der Waals surface area contributed by atoms with Crippen LogP contribution in [0.1, 0.15) is 59.8 Å². The SMILES string of the molecule is CC(C)CC1(CNC(=O)CS(=O)(=O)C(C)C)CCCC1. The molecule has 0 aromatic rings. The quantitative estimate of drug-likeness (QED) is 0.786. The van der Waals surface area contributed by atoms with Crippen molar-refractivity contribution in [3.63, 3.8) is 0 Å². The molecule has 0 radical (unpaired) electrons. The van der Waals surface area contributed by atoms with Crippen LogP contribution in [0.4, 0.5) is 0 Å². The minimum absolute atomic E-state index is 0.186. The van der Waals surface area contributed by atoms with E-state index in [-0.39, 0.29) is 17.1 Å². The monoisotopic (exact) mass is 303 g/mol. The van der Waals surface area contributed by atoms with Gasteiger partial charge in [-0.25, -0.2) is 8.42 Å². The minimum Gasteiger partial charge on any atom is -0.355 e. The molecule has 1 aliphatic carbocycles. The van der Waals surface area contributed by atoms with E-state index in [9.17, 15) is 13.2 Å². The van der Waals surface area contributed by atoms with Crippen molar-refractivity contribution in [1.82, 2.24) is 5.32 Å². The molecule has 1 rings (SSSR count). The fourth-order valence-electron chi connectivity index (χ4n) is 3.13. The number of sulfone groups is 1. The van der Waals surface area contributed by atoms with E-state index in [2.05, 4.69) is 19.2 Å². The van der Waals surface area contributed by atoms with Gasteiger partial charge in [0.15, 0.2) is 9.84 Å². The van der Waals surface area contributed by atoms with E-state index in [1.807, 2.05) is 0 Å². The van der Waals surface area contributed by atoms with Gasteiger partial charge in [0, 0.05) is 6.54 Å². The summed E-state index contributed by atoms with van der Waals surface area (Å²) in [5.41, 5.74) is 0.186. The fraction of sp³-hybridized carbons (Fsp3) is 0.933. The molecule has 0 bridgehead atoms. The van der Waals surface area contributed by atoms with Crippen molar-refractivity contribution >= 4 is 15.7 Å². The van der Waals surface area contributed by atoms with Crippen molar-refractivity contribution < 1.29 is 13.2 Å². The van der Waals surface area contributed by atoms with Gasteiger partial charge in [-0.3, -0.25) is 4.79 Å². The second kappa shape index (κ2) is 6.92. The number of carbonyl (C=O) groups excluding carboxylic acids is 1. The molecule has 5 heteroatoms. The van der Waals surface area contributed by atoms with Crippen LogP contribution in [0.3, 0.4) is 0 Å². The van der Waals surface area contributed by atoms with Gasteiger partial charge in [-0.1, -0.05) is 26.7 Å². The number of hydrogen-bond acceptors (Lipinski definition) is 3. The molecule has 0 unspecified atom stereocenters. The topological polar surface area (TPSA) is 63.2 Å². The summed E-state index contributed by atoms with van der Waals surface area (Å²) in [4.78, 5) is 11.9. The second-order valence-electron chi connectivity index (χ2n) is 6.94. The van der Waals surface area contributed by atoms with Gasteiger partial charge < -0.3 is 5.32 Å². The average Bonchev–Trinajstić information content (AvgIpc) is 2.74. The van der Waals surface area contributed by atoms with Crippen LogP contribution in [0.2, 0.25) is 0 Å². The molecule has 20 heavy (non-hydrogen) atoms. The summed E-state index contributed by atoms with van der Waals surface area (Å²) in [5, 5.41) is 2.37. The Kier molecular flexibility index (Phi) is 6.05. The van der Waals surface area contributed by atoms with Crippen molar-refractivity contribution in [2.75, 3.05) is 12.3 Å². The first-order chi connectivity index (χ1) is 9.17. The van der Waals surface area contributed by atoms with Gasteiger partial charge in [-0.2, -0.15) is 0 Å². The Morgan fingerprint density at radius 1 is 1.15 bits per heavy atom. The average molecular weight is 303 g/mol. The smallest absolute Gasteiger partial charge is 0.235 e. The largest absolute Gasteiger partial charge is 0.355 e. The van der Waals surface area contributed by atoms with Crippen LogP contribution in [0, 0.1) is 11.3 Å². The lowest BCUT2D eigenvalue weighted by Crippen LogP contribution is -2.40. The Hall–Kier alpha value is -0.580. The maximum Gasteiger partial charge on any atom is 0.235 e. The summed E-state index contributed by atoms with van der Waals surface area (Å²) >= 11 is 0. The predicted molar refractivity (Wildman–Crippen MR) is 82.3 cm³/mol. The van der Waals surface area contributed by atoms with Crippen LogP contribution < -0.4 is 5.32 Å². The molecule has 0 saturated heterocycles. The van der Waals surface area contributed by atoms with Crippen LogP contribution in [-0.4, -0.2) is 31.9 Å². The number of nitrogens with one attached hydrogen (secondary N) is 1. The molecule has 1 aliphatic rings. The molecule has 0 heterocycles. The summed E-state index contributed by atoms with van der Waals surface area (Å²) in [5.74, 6) is -0.138. The van der Waals surface area contributed by atoms with E-state index < -0.39 is 15.1 Å². The van der Waals surface area contributed by atoms with Crippen molar-refractivity contribution in [3.8, 4) is 0 Å². The predicted octanol–water partition coefficient (Wildman–Crippen LogP) is 2.53. The molecule has 0 aromatic heterocycles. The van der Waals surface area contributed by atoms with Gasteiger partial charge in [0.05, 0.1) is 5.25 Å². The standard InChI is InChI=1S/C15H29NO3S/c1-12(2)9-15(7-5-6-8-15)11-16-14(17)10-20(18,19)13(3)4/h12-13H,5-11H2,1-4H3,(H,16,17). The molecular formula is C15H29NO3S. The number of hydrogen-bond donors (Lipinski definition) is 1. The first-order valence-electron chi connectivity index (χ1n) is 7.65. The van der Waals surface area contributed by atoms with Gasteiger partial charge in [0.1, 0.15) is 5.75 Å². The molecule has 1 amide bonds. The lowest BCUT2D eigenvalue weighted by atomic mass is 9.78. The first kappa shape index (κ1) is 17.5. The van der Waals surface area contributed by atoms with Crippen molar-refractivity contribution in [2.45, 2.75) is 65.0 Å². The van der Waals surface area contributed by atoms with Gasteiger partial charge >= 0.3 is 0 Å². The van der Waals surface area contributed by atoms with Crippen molar-refractivity contribution in [1.29, 1.82) is 0 Å². The third-order valence-electron chi connectivity index (χ3n) is 4.22. The van der Waals surface area contributed by atoms with E-state index in [0.29, 0.717) is 12.5 Å². The van der Waals surface area contributed by atoms with Gasteiger partial charge in [0.2, 0.25) is 5.91 Å². The Morgan fingerprint density at radius 2 is 1.70 bits per heavy atom. The number of carbonyl (C=O) groups is 1. The van der Waals surface area contributed by atoms with Crippen LogP contribution in [0.15, 0.2) is 0 Å². The highest BCUT2D eigenvalue weighted by molar-refractivity contribution is 7.92. The Labute approximate surface area is 123 Å². The van der Waals surface area contributed by atoms with E-state index in [4.69, 9.17) is 0 Å². The van der Waals surface area contributed by atoms with Crippen LogP contribution in [0.25, 0.3) is 0 Å². The zero-order valence-corrected chi connectivity index (χ0v) is 14.1. The molecule has 0 atom stereocenters. The molecule has 1 N–H and O–H groups in total. The normalized spacial score (nSPS) is 18.7. The van der Waals surface area contributed by atoms with Gasteiger partial charge in [-0.05, 0) is 44.4 Å². The molecule has 0 aliphatic heterocycles. The van der Waals surface area contributed by atoms with Crippen LogP contribution in [0.5, 0.6) is 0 Å². The molecule has 4 nitrogen and oxygen atoms in total. The molecule has 1 fully saturated rings. The van der Waals surface area contributed by atoms with Gasteiger partial charge in [0.25, 0.3) is 0 Å². The maximum absolute atomic E-state index is 11.9. The zero-order valence-electron chi connectivity index (χ0n) is 13.2. The van der Waals surface area contributed by atoms with E-state index >= 15 is 0 Å². The lowest BCUT2D eigenvalue weighted by Gasteiger charge is -2.31. The number of amides is 1. The fourth-order valence-corrected chi connectivity index (χ4v) is 3.93. The van der Waals surface area contributed by atoms with Crippen LogP contribution in [-0.2, 0) is 14.6 Å². The highest BCUT2D eigenvalue weighted by atomic mass is 32.2. The molecular weight excluding hydrogens is 274 g/mol. The Morgan fingerprint density at radius 3 is 2.15 bits per heavy atom. The second-order valence-corrected chi connectivity index (χ2v) is 9.49. The third kappa shape index (κ3) is 5.08. The summed E-state index contributed by atoms with van der Waals surface area (Å²) in [6, 6.07) is 0. The van der Waals surface area contributed by atoms with Crippen molar-refractivity contribution in [2.24, 2.45) is 11.3 Å². The van der Waals surface area contributed by atoms with E-state index in [0.717, 1.165) is 19.3 Å². The molecule has 0 aromatic carbocycles. The first-order valence-corrected chi connectivity index (χ1v) is 9.37. The highest BCUT2D eigenvalue weighted by Gasteiger charge is 2.35. The third-order valence-corrected chi connectivity index (χ3v) is 6.32.